The molecule has 0 saturated carbocycles. The summed E-state index contributed by atoms with van der Waals surface area (Å²) in [7, 11) is 0. The van der Waals surface area contributed by atoms with Crippen molar-refractivity contribution in [1.29, 1.82) is 0 Å². The van der Waals surface area contributed by atoms with Gasteiger partial charge in [0.05, 0.1) is 27.7 Å². The number of hydrogen-bond acceptors (Lipinski definition) is 3. The van der Waals surface area contributed by atoms with Crippen molar-refractivity contribution in [3.05, 3.63) is 186 Å². The molecule has 0 fully saturated rings. The van der Waals surface area contributed by atoms with Gasteiger partial charge in [-0.1, -0.05) is 157 Å². The maximum absolute atomic E-state index is 5.41. The van der Waals surface area contributed by atoms with Gasteiger partial charge in [-0.15, -0.1) is 0 Å². The first-order valence-electron chi connectivity index (χ1n) is 16.7. The van der Waals surface area contributed by atoms with Crippen molar-refractivity contribution in [3.63, 3.8) is 0 Å². The predicted octanol–water partition coefficient (Wildman–Crippen LogP) is 11.2. The summed E-state index contributed by atoms with van der Waals surface area (Å²) in [6.45, 7) is 0. The molecule has 2 aliphatic rings. The summed E-state index contributed by atoms with van der Waals surface area (Å²) in [6, 6.07) is 59.2. The van der Waals surface area contributed by atoms with Crippen LogP contribution in [-0.4, -0.2) is 14.5 Å². The summed E-state index contributed by atoms with van der Waals surface area (Å²) in [5, 5.41) is 3.44. The topological polar surface area (TPSA) is 30.7 Å². The highest BCUT2D eigenvalue weighted by molar-refractivity contribution is 7.99. The predicted molar refractivity (Wildman–Crippen MR) is 201 cm³/mol. The number of hydrogen-bond donors (Lipinski definition) is 0. The molecule has 0 unspecified atom stereocenters. The Labute approximate surface area is 287 Å². The van der Waals surface area contributed by atoms with Crippen molar-refractivity contribution in [2.24, 2.45) is 0 Å². The number of fused-ring (bicyclic) bond motifs is 14. The molecule has 0 saturated heterocycles. The second-order valence-electron chi connectivity index (χ2n) is 12.9. The van der Waals surface area contributed by atoms with E-state index in [-0.39, 0.29) is 0 Å². The highest BCUT2D eigenvalue weighted by Gasteiger charge is 2.50. The van der Waals surface area contributed by atoms with Crippen LogP contribution in [0.2, 0.25) is 0 Å². The Morgan fingerprint density at radius 3 is 1.90 bits per heavy atom. The zero-order valence-electron chi connectivity index (χ0n) is 26.3. The number of benzene rings is 7. The molecule has 0 radical (unpaired) electrons. The summed E-state index contributed by atoms with van der Waals surface area (Å²) in [4.78, 5) is 13.2. The highest BCUT2D eigenvalue weighted by atomic mass is 32.2. The van der Waals surface area contributed by atoms with Gasteiger partial charge in [0.25, 0.3) is 0 Å². The van der Waals surface area contributed by atoms with Crippen LogP contribution in [0.5, 0.6) is 0 Å². The molecule has 1 spiro atoms. The van der Waals surface area contributed by atoms with Gasteiger partial charge in [0.1, 0.15) is 0 Å². The third-order valence-electron chi connectivity index (χ3n) is 10.5. The Kier molecular flexibility index (Phi) is 5.53. The van der Waals surface area contributed by atoms with Crippen molar-refractivity contribution in [3.8, 4) is 28.3 Å². The zero-order valence-corrected chi connectivity index (χ0v) is 27.2. The van der Waals surface area contributed by atoms with Gasteiger partial charge in [0.2, 0.25) is 5.95 Å². The summed E-state index contributed by atoms with van der Waals surface area (Å²) in [5.74, 6) is 0.679. The molecule has 0 atom stereocenters. The average molecular weight is 642 g/mol. The van der Waals surface area contributed by atoms with Crippen LogP contribution in [0.1, 0.15) is 22.3 Å². The quantitative estimate of drug-likeness (QED) is 0.188. The maximum atomic E-state index is 5.41. The fourth-order valence-electron chi connectivity index (χ4n) is 8.55. The van der Waals surface area contributed by atoms with Crippen LogP contribution >= 0.6 is 11.8 Å². The fraction of sp³-hybridized carbons (Fsp3) is 0.0222. The lowest BCUT2D eigenvalue weighted by Crippen LogP contribution is -2.32. The standard InChI is InChI=1S/C45H27N3S/c1-2-14-28(15-3-1)41-33-19-6-11-23-38(33)46-44(47-41)48-39-24-12-7-18-31(39)32-26-27-37-43(42(32)48)49-40-25-13-10-22-36(40)45(37)34-20-8-4-16-29(34)30-17-5-9-21-35(30)45/h1-27H. The van der Waals surface area contributed by atoms with Crippen LogP contribution in [0.3, 0.4) is 0 Å². The molecule has 0 amide bonds. The Morgan fingerprint density at radius 2 is 1.10 bits per heavy atom. The number of aromatic nitrogens is 3. The fourth-order valence-corrected chi connectivity index (χ4v) is 9.88. The van der Waals surface area contributed by atoms with Gasteiger partial charge in [-0.25, -0.2) is 9.97 Å². The molecular weight excluding hydrogens is 615 g/mol. The smallest absolute Gasteiger partial charge is 0.235 e. The largest absolute Gasteiger partial charge is 0.277 e. The Bertz CT molecular complexity index is 2770. The number of rotatable bonds is 2. The molecule has 0 N–H and O–H groups in total. The van der Waals surface area contributed by atoms with E-state index in [1.165, 1.54) is 53.9 Å². The van der Waals surface area contributed by atoms with Crippen molar-refractivity contribution in [2.75, 3.05) is 0 Å². The van der Waals surface area contributed by atoms with Gasteiger partial charge < -0.3 is 0 Å². The molecule has 9 aromatic rings. The lowest BCUT2D eigenvalue weighted by Gasteiger charge is -2.40. The van der Waals surface area contributed by atoms with E-state index >= 15 is 0 Å². The molecule has 11 rings (SSSR count). The van der Waals surface area contributed by atoms with E-state index in [1.807, 2.05) is 11.8 Å². The SMILES string of the molecule is c1ccc(-c2nc(-n3c4ccccc4c4ccc5c(c43)Sc3ccccc3C53c4ccccc4-c4ccccc43)nc3ccccc23)cc1. The molecule has 1 aliphatic heterocycles. The maximum Gasteiger partial charge on any atom is 0.235 e. The molecular formula is C45H27N3S. The summed E-state index contributed by atoms with van der Waals surface area (Å²) >= 11 is 1.87. The van der Waals surface area contributed by atoms with E-state index in [0.717, 1.165) is 33.2 Å². The second-order valence-corrected chi connectivity index (χ2v) is 13.9. The van der Waals surface area contributed by atoms with Gasteiger partial charge in [-0.2, -0.15) is 0 Å². The summed E-state index contributed by atoms with van der Waals surface area (Å²) in [5.41, 5.74) is 12.6. The molecule has 3 heterocycles. The monoisotopic (exact) mass is 641 g/mol. The molecule has 2 aromatic heterocycles. The van der Waals surface area contributed by atoms with Crippen LogP contribution in [0.25, 0.3) is 61.0 Å². The first kappa shape index (κ1) is 27.0. The minimum Gasteiger partial charge on any atom is -0.277 e. The van der Waals surface area contributed by atoms with Crippen LogP contribution in [-0.2, 0) is 5.41 Å². The summed E-state index contributed by atoms with van der Waals surface area (Å²) < 4.78 is 2.32. The van der Waals surface area contributed by atoms with Crippen LogP contribution in [0.15, 0.2) is 174 Å². The number of para-hydroxylation sites is 2. The first-order chi connectivity index (χ1) is 24.3. The van der Waals surface area contributed by atoms with Crippen molar-refractivity contribution >= 4 is 44.5 Å². The third kappa shape index (κ3) is 3.53. The van der Waals surface area contributed by atoms with E-state index in [9.17, 15) is 0 Å². The lowest BCUT2D eigenvalue weighted by atomic mass is 9.67. The zero-order chi connectivity index (χ0) is 32.1. The van der Waals surface area contributed by atoms with E-state index in [0.29, 0.717) is 5.95 Å². The molecule has 228 valence electrons. The highest BCUT2D eigenvalue weighted by Crippen LogP contribution is 2.63. The Balaban J connectivity index is 1.31. The van der Waals surface area contributed by atoms with Crippen LogP contribution in [0.4, 0.5) is 0 Å². The van der Waals surface area contributed by atoms with Crippen LogP contribution in [0, 0.1) is 0 Å². The Hall–Kier alpha value is -5.97. The Morgan fingerprint density at radius 1 is 0.469 bits per heavy atom. The van der Waals surface area contributed by atoms with E-state index < -0.39 is 5.41 Å². The number of nitrogens with zero attached hydrogens (tertiary/aromatic N) is 3. The van der Waals surface area contributed by atoms with Crippen LogP contribution < -0.4 is 0 Å². The van der Waals surface area contributed by atoms with Gasteiger partial charge in [0.15, 0.2) is 0 Å². The van der Waals surface area contributed by atoms with Crippen molar-refractivity contribution < 1.29 is 0 Å². The van der Waals surface area contributed by atoms with Gasteiger partial charge in [0, 0.05) is 31.5 Å². The minimum atomic E-state index is -0.459. The molecule has 1 aliphatic carbocycles. The van der Waals surface area contributed by atoms with E-state index in [2.05, 4.69) is 168 Å². The molecule has 4 heteroatoms. The van der Waals surface area contributed by atoms with Gasteiger partial charge >= 0.3 is 0 Å². The molecule has 49 heavy (non-hydrogen) atoms. The third-order valence-corrected chi connectivity index (χ3v) is 11.7. The second kappa shape index (κ2) is 10.0. The normalized spacial score (nSPS) is 13.8. The molecule has 0 bridgehead atoms. The average Bonchev–Trinajstić information content (AvgIpc) is 3.66. The van der Waals surface area contributed by atoms with E-state index in [1.54, 1.807) is 0 Å². The van der Waals surface area contributed by atoms with Gasteiger partial charge in [-0.05, 0) is 51.6 Å². The van der Waals surface area contributed by atoms with Crippen molar-refractivity contribution in [1.82, 2.24) is 14.5 Å². The minimum absolute atomic E-state index is 0.459. The molecule has 3 nitrogen and oxygen atoms in total. The lowest BCUT2D eigenvalue weighted by molar-refractivity contribution is 0.724. The van der Waals surface area contributed by atoms with E-state index in [4.69, 9.17) is 9.97 Å². The van der Waals surface area contributed by atoms with Gasteiger partial charge in [-0.3, -0.25) is 4.57 Å². The molecule has 7 aromatic carbocycles. The van der Waals surface area contributed by atoms with Crippen molar-refractivity contribution in [2.45, 2.75) is 15.2 Å². The first-order valence-corrected chi connectivity index (χ1v) is 17.5. The summed E-state index contributed by atoms with van der Waals surface area (Å²) in [6.07, 6.45) is 0.